The number of furan rings is 1. The molecule has 130 valence electrons. The van der Waals surface area contributed by atoms with E-state index in [4.69, 9.17) is 4.42 Å². The van der Waals surface area contributed by atoms with Crippen molar-refractivity contribution in [1.82, 2.24) is 14.9 Å². The number of imidazole rings is 1. The predicted octanol–water partition coefficient (Wildman–Crippen LogP) is 3.92. The molecule has 5 heteroatoms. The number of hydrogen-bond acceptors (Lipinski definition) is 3. The number of nitrogens with one attached hydrogen (secondary N) is 1. The Morgan fingerprint density at radius 2 is 1.81 bits per heavy atom. The van der Waals surface area contributed by atoms with Crippen molar-refractivity contribution in [3.8, 4) is 0 Å². The summed E-state index contributed by atoms with van der Waals surface area (Å²) in [5, 5.41) is 2.88. The highest BCUT2D eigenvalue weighted by atomic mass is 16.4. The Morgan fingerprint density at radius 1 is 1.04 bits per heavy atom. The van der Waals surface area contributed by atoms with Crippen molar-refractivity contribution in [1.29, 1.82) is 0 Å². The van der Waals surface area contributed by atoms with Crippen LogP contribution < -0.4 is 5.32 Å². The van der Waals surface area contributed by atoms with Crippen molar-refractivity contribution >= 4 is 16.9 Å². The summed E-state index contributed by atoms with van der Waals surface area (Å²) in [5.74, 6) is 1.74. The number of nitrogens with zero attached hydrogens (tertiary/aromatic N) is 2. The molecule has 2 aromatic heterocycles. The molecule has 0 atom stereocenters. The lowest BCUT2D eigenvalue weighted by Gasteiger charge is -2.05. The van der Waals surface area contributed by atoms with Crippen molar-refractivity contribution < 1.29 is 9.21 Å². The van der Waals surface area contributed by atoms with Crippen LogP contribution in [0.5, 0.6) is 0 Å². The van der Waals surface area contributed by atoms with Crippen molar-refractivity contribution in [2.24, 2.45) is 0 Å². The molecule has 0 aliphatic carbocycles. The number of carbonyl (C=O) groups excluding carboxylic acids is 1. The van der Waals surface area contributed by atoms with Crippen molar-refractivity contribution in [3.63, 3.8) is 0 Å². The third-order valence-electron chi connectivity index (χ3n) is 4.34. The fourth-order valence-electron chi connectivity index (χ4n) is 3.00. The van der Waals surface area contributed by atoms with Crippen LogP contribution in [0.25, 0.3) is 11.0 Å². The van der Waals surface area contributed by atoms with E-state index >= 15 is 0 Å². The Morgan fingerprint density at radius 3 is 2.65 bits per heavy atom. The first-order valence-corrected chi connectivity index (χ1v) is 8.53. The molecule has 2 heterocycles. The van der Waals surface area contributed by atoms with Gasteiger partial charge in [0.2, 0.25) is 0 Å². The van der Waals surface area contributed by atoms with Crippen LogP contribution in [0, 0.1) is 6.92 Å². The average Bonchev–Trinajstić information content (AvgIpc) is 3.26. The molecule has 4 rings (SSSR count). The molecule has 0 radical (unpaired) electrons. The van der Waals surface area contributed by atoms with Crippen LogP contribution >= 0.6 is 0 Å². The Hall–Kier alpha value is -3.34. The van der Waals surface area contributed by atoms with Gasteiger partial charge in [0.15, 0.2) is 5.76 Å². The fraction of sp³-hybridized carbons (Fsp3) is 0.143. The minimum absolute atomic E-state index is 0.215. The Kier molecular flexibility index (Phi) is 4.27. The SMILES string of the molecule is Cc1nc2ccccc2n1Cc1ccc(C(=O)NCc2ccccc2)o1. The molecule has 0 bridgehead atoms. The topological polar surface area (TPSA) is 60.1 Å². The average molecular weight is 345 g/mol. The number of fused-ring (bicyclic) bond motifs is 1. The highest BCUT2D eigenvalue weighted by molar-refractivity contribution is 5.91. The summed E-state index contributed by atoms with van der Waals surface area (Å²) in [6.45, 7) is 2.98. The predicted molar refractivity (Wildman–Crippen MR) is 99.9 cm³/mol. The molecule has 0 saturated carbocycles. The number of amides is 1. The Balaban J connectivity index is 1.47. The molecule has 26 heavy (non-hydrogen) atoms. The molecule has 1 amide bonds. The minimum atomic E-state index is -0.215. The molecule has 0 fully saturated rings. The largest absolute Gasteiger partial charge is 0.454 e. The van der Waals surface area contributed by atoms with E-state index in [2.05, 4.69) is 14.9 Å². The zero-order valence-corrected chi connectivity index (χ0v) is 14.5. The van der Waals surface area contributed by atoms with Crippen molar-refractivity contribution in [3.05, 3.63) is 89.6 Å². The molecule has 1 N–H and O–H groups in total. The maximum atomic E-state index is 12.3. The number of benzene rings is 2. The quantitative estimate of drug-likeness (QED) is 0.596. The summed E-state index contributed by atoms with van der Waals surface area (Å²) in [5.41, 5.74) is 3.06. The lowest BCUT2D eigenvalue weighted by molar-refractivity contribution is 0.0921. The monoisotopic (exact) mass is 345 g/mol. The van der Waals surface area contributed by atoms with E-state index in [1.54, 1.807) is 6.07 Å². The molecule has 0 aliphatic rings. The molecule has 0 spiro atoms. The normalized spacial score (nSPS) is 11.0. The third kappa shape index (κ3) is 3.24. The second kappa shape index (κ2) is 6.88. The first kappa shape index (κ1) is 16.1. The van der Waals surface area contributed by atoms with Gasteiger partial charge in [-0.15, -0.1) is 0 Å². The minimum Gasteiger partial charge on any atom is -0.454 e. The van der Waals surface area contributed by atoms with Gasteiger partial charge in [0.1, 0.15) is 11.6 Å². The molecular weight excluding hydrogens is 326 g/mol. The van der Waals surface area contributed by atoms with Gasteiger partial charge in [-0.2, -0.15) is 0 Å². The Bertz CT molecular complexity index is 1050. The van der Waals surface area contributed by atoms with E-state index in [1.165, 1.54) is 0 Å². The fourth-order valence-corrected chi connectivity index (χ4v) is 3.00. The second-order valence-corrected chi connectivity index (χ2v) is 6.17. The van der Waals surface area contributed by atoms with Gasteiger partial charge in [0.25, 0.3) is 5.91 Å². The summed E-state index contributed by atoms with van der Waals surface area (Å²) < 4.78 is 7.83. The molecule has 2 aromatic carbocycles. The van der Waals surface area contributed by atoms with Crippen LogP contribution in [0.3, 0.4) is 0 Å². The van der Waals surface area contributed by atoms with Gasteiger partial charge in [0, 0.05) is 6.54 Å². The van der Waals surface area contributed by atoms with E-state index < -0.39 is 0 Å². The van der Waals surface area contributed by atoms with Gasteiger partial charge in [0.05, 0.1) is 17.6 Å². The molecule has 5 nitrogen and oxygen atoms in total. The molecule has 0 aliphatic heterocycles. The number of aromatic nitrogens is 2. The van der Waals surface area contributed by atoms with Crippen LogP contribution in [0.2, 0.25) is 0 Å². The van der Waals surface area contributed by atoms with E-state index in [0.29, 0.717) is 18.8 Å². The number of carbonyl (C=O) groups is 1. The smallest absolute Gasteiger partial charge is 0.287 e. The van der Waals surface area contributed by atoms with Gasteiger partial charge >= 0.3 is 0 Å². The van der Waals surface area contributed by atoms with Gasteiger partial charge in [-0.05, 0) is 36.8 Å². The third-order valence-corrected chi connectivity index (χ3v) is 4.34. The van der Waals surface area contributed by atoms with Crippen molar-refractivity contribution in [2.75, 3.05) is 0 Å². The molecular formula is C21H19N3O2. The maximum Gasteiger partial charge on any atom is 0.287 e. The first-order chi connectivity index (χ1) is 12.7. The van der Waals surface area contributed by atoms with Crippen LogP contribution in [-0.4, -0.2) is 15.5 Å². The summed E-state index contributed by atoms with van der Waals surface area (Å²) in [4.78, 5) is 16.8. The van der Waals surface area contributed by atoms with Crippen molar-refractivity contribution in [2.45, 2.75) is 20.0 Å². The highest BCUT2D eigenvalue weighted by Crippen LogP contribution is 2.18. The number of hydrogen-bond donors (Lipinski definition) is 1. The molecule has 0 unspecified atom stereocenters. The van der Waals surface area contributed by atoms with Gasteiger partial charge in [-0.1, -0.05) is 42.5 Å². The van der Waals surface area contributed by atoms with Gasteiger partial charge in [-0.3, -0.25) is 4.79 Å². The Labute approximate surface area is 151 Å². The van der Waals surface area contributed by atoms with E-state index in [-0.39, 0.29) is 5.91 Å². The number of para-hydroxylation sites is 2. The molecule has 0 saturated heterocycles. The number of rotatable bonds is 5. The summed E-state index contributed by atoms with van der Waals surface area (Å²) >= 11 is 0. The summed E-state index contributed by atoms with van der Waals surface area (Å²) in [7, 11) is 0. The van der Waals surface area contributed by atoms with Crippen LogP contribution in [0.1, 0.15) is 27.7 Å². The molecule has 4 aromatic rings. The summed E-state index contributed by atoms with van der Waals surface area (Å²) in [6, 6.07) is 21.3. The highest BCUT2D eigenvalue weighted by Gasteiger charge is 2.13. The van der Waals surface area contributed by atoms with E-state index in [1.807, 2.05) is 67.6 Å². The lowest BCUT2D eigenvalue weighted by atomic mass is 10.2. The van der Waals surface area contributed by atoms with Gasteiger partial charge < -0.3 is 14.3 Å². The maximum absolute atomic E-state index is 12.3. The lowest BCUT2D eigenvalue weighted by Crippen LogP contribution is -2.22. The summed E-state index contributed by atoms with van der Waals surface area (Å²) in [6.07, 6.45) is 0. The zero-order chi connectivity index (χ0) is 17.9. The first-order valence-electron chi connectivity index (χ1n) is 8.53. The van der Waals surface area contributed by atoms with Crippen LogP contribution in [0.15, 0.2) is 71.1 Å². The van der Waals surface area contributed by atoms with E-state index in [9.17, 15) is 4.79 Å². The van der Waals surface area contributed by atoms with Crippen LogP contribution in [0.4, 0.5) is 0 Å². The van der Waals surface area contributed by atoms with Gasteiger partial charge in [-0.25, -0.2) is 4.98 Å². The second-order valence-electron chi connectivity index (χ2n) is 6.17. The zero-order valence-electron chi connectivity index (χ0n) is 14.5. The van der Waals surface area contributed by atoms with E-state index in [0.717, 1.165) is 28.2 Å². The van der Waals surface area contributed by atoms with Crippen LogP contribution in [-0.2, 0) is 13.1 Å². The number of aryl methyl sites for hydroxylation is 1. The standard InChI is InChI=1S/C21H19N3O2/c1-15-23-18-9-5-6-10-19(18)24(15)14-17-11-12-20(26-17)21(25)22-13-16-7-3-2-4-8-16/h2-12H,13-14H2,1H3,(H,22,25).